The lowest BCUT2D eigenvalue weighted by molar-refractivity contribution is -0.137. The van der Waals surface area contributed by atoms with E-state index < -0.39 is 5.97 Å². The fraction of sp³-hybridized carbons (Fsp3) is 0.500. The highest BCUT2D eigenvalue weighted by Crippen LogP contribution is 2.22. The molecular formula is C16H22ClNO3S. The van der Waals surface area contributed by atoms with Crippen LogP contribution in [0.1, 0.15) is 48.9 Å². The molecule has 0 radical (unpaired) electrons. The molecule has 22 heavy (non-hydrogen) atoms. The molecule has 0 aliphatic carbocycles. The van der Waals surface area contributed by atoms with Crippen LogP contribution in [0, 0.1) is 0 Å². The summed E-state index contributed by atoms with van der Waals surface area (Å²) in [4.78, 5) is 23.4. The van der Waals surface area contributed by atoms with Crippen LogP contribution in [-0.2, 0) is 4.79 Å². The van der Waals surface area contributed by atoms with E-state index >= 15 is 0 Å². The molecular weight excluding hydrogens is 322 g/mol. The highest BCUT2D eigenvalue weighted by molar-refractivity contribution is 7.98. The minimum absolute atomic E-state index is 0.147. The van der Waals surface area contributed by atoms with Gasteiger partial charge >= 0.3 is 5.97 Å². The third-order valence-electron chi connectivity index (χ3n) is 3.27. The van der Waals surface area contributed by atoms with Gasteiger partial charge in [-0.1, -0.05) is 30.9 Å². The van der Waals surface area contributed by atoms with Gasteiger partial charge in [-0.2, -0.15) is 0 Å². The van der Waals surface area contributed by atoms with Crippen LogP contribution in [0.4, 0.5) is 0 Å². The van der Waals surface area contributed by atoms with Gasteiger partial charge in [-0.05, 0) is 37.3 Å². The number of hydrogen-bond acceptors (Lipinski definition) is 3. The van der Waals surface area contributed by atoms with Crippen LogP contribution < -0.4 is 5.32 Å². The molecule has 0 aliphatic rings. The van der Waals surface area contributed by atoms with E-state index in [1.165, 1.54) is 0 Å². The average Bonchev–Trinajstić information content (AvgIpc) is 2.49. The minimum Gasteiger partial charge on any atom is -0.481 e. The lowest BCUT2D eigenvalue weighted by atomic mass is 10.1. The van der Waals surface area contributed by atoms with Crippen molar-refractivity contribution in [1.82, 2.24) is 5.32 Å². The number of carbonyl (C=O) groups excluding carboxylic acids is 1. The molecule has 6 heteroatoms. The Morgan fingerprint density at radius 3 is 2.55 bits per heavy atom. The SMILES string of the molecule is CSc1ccc(Cl)c(C(=O)NCCCCCCCC(=O)O)c1. The first-order chi connectivity index (χ1) is 10.5. The summed E-state index contributed by atoms with van der Waals surface area (Å²) in [5, 5.41) is 11.9. The maximum Gasteiger partial charge on any atom is 0.303 e. The van der Waals surface area contributed by atoms with Crippen LogP contribution in [0.2, 0.25) is 5.02 Å². The zero-order valence-electron chi connectivity index (χ0n) is 12.7. The van der Waals surface area contributed by atoms with Gasteiger partial charge in [0.25, 0.3) is 5.91 Å². The van der Waals surface area contributed by atoms with Gasteiger partial charge in [0.1, 0.15) is 0 Å². The summed E-state index contributed by atoms with van der Waals surface area (Å²) >= 11 is 7.62. The first kappa shape index (κ1) is 18.8. The van der Waals surface area contributed by atoms with E-state index in [0.29, 0.717) is 17.1 Å². The van der Waals surface area contributed by atoms with Crippen molar-refractivity contribution in [3.05, 3.63) is 28.8 Å². The van der Waals surface area contributed by atoms with Gasteiger partial charge in [0.15, 0.2) is 0 Å². The second kappa shape index (κ2) is 10.5. The molecule has 0 aromatic heterocycles. The predicted octanol–water partition coefficient (Wildman–Crippen LogP) is 4.22. The maximum absolute atomic E-state index is 12.1. The maximum atomic E-state index is 12.1. The summed E-state index contributed by atoms with van der Waals surface area (Å²) in [7, 11) is 0. The van der Waals surface area contributed by atoms with E-state index in [9.17, 15) is 9.59 Å². The van der Waals surface area contributed by atoms with E-state index in [2.05, 4.69) is 5.32 Å². The Hall–Kier alpha value is -1.20. The lowest BCUT2D eigenvalue weighted by Crippen LogP contribution is -2.24. The summed E-state index contributed by atoms with van der Waals surface area (Å²) in [6.07, 6.45) is 6.69. The van der Waals surface area contributed by atoms with Crippen molar-refractivity contribution in [2.24, 2.45) is 0 Å². The van der Waals surface area contributed by atoms with Crippen molar-refractivity contribution in [2.75, 3.05) is 12.8 Å². The van der Waals surface area contributed by atoms with E-state index in [4.69, 9.17) is 16.7 Å². The fourth-order valence-electron chi connectivity index (χ4n) is 2.03. The Morgan fingerprint density at radius 2 is 1.86 bits per heavy atom. The molecule has 0 saturated heterocycles. The van der Waals surface area contributed by atoms with E-state index in [1.54, 1.807) is 23.9 Å². The molecule has 1 amide bonds. The zero-order chi connectivity index (χ0) is 16.4. The van der Waals surface area contributed by atoms with Gasteiger partial charge in [-0.25, -0.2) is 0 Å². The molecule has 1 aromatic rings. The topological polar surface area (TPSA) is 66.4 Å². The number of amides is 1. The molecule has 4 nitrogen and oxygen atoms in total. The highest BCUT2D eigenvalue weighted by Gasteiger charge is 2.10. The molecule has 0 atom stereocenters. The number of hydrogen-bond donors (Lipinski definition) is 2. The van der Waals surface area contributed by atoms with Crippen molar-refractivity contribution < 1.29 is 14.7 Å². The number of thioether (sulfide) groups is 1. The molecule has 1 rings (SSSR count). The Morgan fingerprint density at radius 1 is 1.18 bits per heavy atom. The first-order valence-electron chi connectivity index (χ1n) is 7.38. The normalized spacial score (nSPS) is 10.5. The predicted molar refractivity (Wildman–Crippen MR) is 90.9 cm³/mol. The van der Waals surface area contributed by atoms with Gasteiger partial charge < -0.3 is 10.4 Å². The van der Waals surface area contributed by atoms with Crippen molar-refractivity contribution in [3.8, 4) is 0 Å². The van der Waals surface area contributed by atoms with Gasteiger partial charge in [0, 0.05) is 17.9 Å². The Labute approximate surface area is 140 Å². The summed E-state index contributed by atoms with van der Waals surface area (Å²) in [6.45, 7) is 0.609. The Balaban J connectivity index is 2.22. The Kier molecular flexibility index (Phi) is 9.01. The zero-order valence-corrected chi connectivity index (χ0v) is 14.3. The summed E-state index contributed by atoms with van der Waals surface area (Å²) in [5.41, 5.74) is 0.509. The molecule has 0 saturated carbocycles. The molecule has 0 heterocycles. The number of benzene rings is 1. The number of nitrogens with one attached hydrogen (secondary N) is 1. The second-order valence-corrected chi connectivity index (χ2v) is 6.30. The van der Waals surface area contributed by atoms with Gasteiger partial charge in [0.05, 0.1) is 10.6 Å². The van der Waals surface area contributed by atoms with Crippen LogP contribution in [-0.4, -0.2) is 29.8 Å². The van der Waals surface area contributed by atoms with Gasteiger partial charge in [0.2, 0.25) is 0 Å². The second-order valence-electron chi connectivity index (χ2n) is 5.01. The number of rotatable bonds is 10. The quantitative estimate of drug-likeness (QED) is 0.493. The van der Waals surface area contributed by atoms with E-state index in [0.717, 1.165) is 37.0 Å². The highest BCUT2D eigenvalue weighted by atomic mass is 35.5. The van der Waals surface area contributed by atoms with Crippen molar-refractivity contribution in [3.63, 3.8) is 0 Å². The number of carbonyl (C=O) groups is 2. The number of halogens is 1. The summed E-state index contributed by atoms with van der Waals surface area (Å²) < 4.78 is 0. The molecule has 0 aliphatic heterocycles. The standard InChI is InChI=1S/C16H22ClNO3S/c1-22-12-8-9-14(17)13(11-12)16(21)18-10-6-4-2-3-5-7-15(19)20/h8-9,11H,2-7,10H2,1H3,(H,18,21)(H,19,20). The minimum atomic E-state index is -0.739. The van der Waals surface area contributed by atoms with Crippen LogP contribution >= 0.6 is 23.4 Å². The van der Waals surface area contributed by atoms with Crippen LogP contribution in [0.3, 0.4) is 0 Å². The molecule has 2 N–H and O–H groups in total. The molecule has 1 aromatic carbocycles. The van der Waals surface area contributed by atoms with Crippen LogP contribution in [0.15, 0.2) is 23.1 Å². The molecule has 0 spiro atoms. The smallest absolute Gasteiger partial charge is 0.303 e. The van der Waals surface area contributed by atoms with Gasteiger partial charge in [-0.3, -0.25) is 9.59 Å². The number of aliphatic carboxylic acids is 1. The number of unbranched alkanes of at least 4 members (excludes halogenated alkanes) is 4. The summed E-state index contributed by atoms with van der Waals surface area (Å²) in [5.74, 6) is -0.886. The molecule has 0 bridgehead atoms. The summed E-state index contributed by atoms with van der Waals surface area (Å²) in [6, 6.07) is 5.43. The largest absolute Gasteiger partial charge is 0.481 e. The van der Waals surface area contributed by atoms with Crippen molar-refractivity contribution >= 4 is 35.2 Å². The molecule has 0 unspecified atom stereocenters. The number of carboxylic acids is 1. The monoisotopic (exact) mass is 343 g/mol. The molecule has 0 fully saturated rings. The van der Waals surface area contributed by atoms with Crippen LogP contribution in [0.5, 0.6) is 0 Å². The first-order valence-corrected chi connectivity index (χ1v) is 8.98. The van der Waals surface area contributed by atoms with Crippen LogP contribution in [0.25, 0.3) is 0 Å². The third kappa shape index (κ3) is 7.18. The average molecular weight is 344 g/mol. The van der Waals surface area contributed by atoms with Gasteiger partial charge in [-0.15, -0.1) is 11.8 Å². The van der Waals surface area contributed by atoms with Crippen molar-refractivity contribution in [1.29, 1.82) is 0 Å². The van der Waals surface area contributed by atoms with Crippen molar-refractivity contribution in [2.45, 2.75) is 43.4 Å². The van der Waals surface area contributed by atoms with E-state index in [1.807, 2.05) is 12.3 Å². The third-order valence-corrected chi connectivity index (χ3v) is 4.33. The lowest BCUT2D eigenvalue weighted by Gasteiger charge is -2.08. The molecule has 122 valence electrons. The number of carboxylic acid groups (broad SMARTS) is 1. The fourth-order valence-corrected chi connectivity index (χ4v) is 2.68. The Bertz CT molecular complexity index is 508. The van der Waals surface area contributed by atoms with E-state index in [-0.39, 0.29) is 12.3 Å².